The molecule has 0 aromatic heterocycles. The third-order valence-corrected chi connectivity index (χ3v) is 6.30. The molecule has 4 rings (SSSR count). The van der Waals surface area contributed by atoms with E-state index in [2.05, 4.69) is 21.6 Å². The Labute approximate surface area is 188 Å². The zero-order chi connectivity index (χ0) is 21.6. The lowest BCUT2D eigenvalue weighted by Gasteiger charge is -2.30. The van der Waals surface area contributed by atoms with E-state index in [1.807, 2.05) is 24.3 Å². The summed E-state index contributed by atoms with van der Waals surface area (Å²) in [7, 11) is 0. The maximum Gasteiger partial charge on any atom is 0.251 e. The number of hydrogen-bond acceptors (Lipinski definition) is 5. The first-order valence-corrected chi connectivity index (χ1v) is 11.2. The Balaban J connectivity index is 1.25. The van der Waals surface area contributed by atoms with Crippen LogP contribution in [0, 0.1) is 11.3 Å². The van der Waals surface area contributed by atoms with Crippen LogP contribution in [0.3, 0.4) is 0 Å². The molecule has 2 aromatic carbocycles. The molecule has 2 aliphatic rings. The SMILES string of the molecule is N#Cc1ccc(O[C@H]2CC[C@H](NC(=O)c3ccc(N4CCNCC4)cc3)CC2)cc1Cl. The minimum Gasteiger partial charge on any atom is -0.490 e. The number of nitriles is 1. The quantitative estimate of drug-likeness (QED) is 0.743. The van der Waals surface area contributed by atoms with Gasteiger partial charge in [0.15, 0.2) is 0 Å². The summed E-state index contributed by atoms with van der Waals surface area (Å²) in [5.41, 5.74) is 2.31. The van der Waals surface area contributed by atoms with Gasteiger partial charge in [0.25, 0.3) is 5.91 Å². The first-order valence-electron chi connectivity index (χ1n) is 10.9. The summed E-state index contributed by atoms with van der Waals surface area (Å²) in [4.78, 5) is 15.0. The Morgan fingerprint density at radius 1 is 1.10 bits per heavy atom. The lowest BCUT2D eigenvalue weighted by molar-refractivity contribution is 0.0894. The standard InChI is InChI=1S/C24H27ClN4O2/c25-23-15-22(8-3-18(23)16-26)31-21-9-4-19(5-10-21)28-24(30)17-1-6-20(7-2-17)29-13-11-27-12-14-29/h1-3,6-8,15,19,21,27H,4-5,9-14H2,(H,28,30)/t19-,21-. The smallest absolute Gasteiger partial charge is 0.251 e. The molecule has 0 bridgehead atoms. The van der Waals surface area contributed by atoms with Crippen LogP contribution in [0.15, 0.2) is 42.5 Å². The first kappa shape index (κ1) is 21.5. The van der Waals surface area contributed by atoms with Crippen LogP contribution in [0.1, 0.15) is 41.6 Å². The number of halogens is 1. The highest BCUT2D eigenvalue weighted by Gasteiger charge is 2.24. The monoisotopic (exact) mass is 438 g/mol. The van der Waals surface area contributed by atoms with Gasteiger partial charge in [-0.15, -0.1) is 0 Å². The largest absolute Gasteiger partial charge is 0.490 e. The van der Waals surface area contributed by atoms with Crippen LogP contribution in [-0.2, 0) is 0 Å². The summed E-state index contributed by atoms with van der Waals surface area (Å²) in [6.45, 7) is 3.97. The molecule has 1 saturated heterocycles. The Bertz CT molecular complexity index is 943. The number of nitrogens with one attached hydrogen (secondary N) is 2. The number of piperazine rings is 1. The number of anilines is 1. The van der Waals surface area contributed by atoms with Gasteiger partial charge in [-0.1, -0.05) is 11.6 Å². The molecular weight excluding hydrogens is 412 g/mol. The number of amides is 1. The zero-order valence-electron chi connectivity index (χ0n) is 17.4. The average Bonchev–Trinajstić information content (AvgIpc) is 2.81. The molecule has 7 heteroatoms. The maximum atomic E-state index is 12.7. The second-order valence-corrected chi connectivity index (χ2v) is 8.51. The van der Waals surface area contributed by atoms with E-state index in [-0.39, 0.29) is 18.1 Å². The van der Waals surface area contributed by atoms with Crippen molar-refractivity contribution in [3.8, 4) is 11.8 Å². The second kappa shape index (κ2) is 10.0. The van der Waals surface area contributed by atoms with Crippen LogP contribution in [0.25, 0.3) is 0 Å². The third kappa shape index (κ3) is 5.49. The molecule has 1 heterocycles. The lowest BCUT2D eigenvalue weighted by atomic mass is 9.92. The number of rotatable bonds is 5. The lowest BCUT2D eigenvalue weighted by Crippen LogP contribution is -2.43. The number of nitrogens with zero attached hydrogens (tertiary/aromatic N) is 2. The van der Waals surface area contributed by atoms with Crippen LogP contribution in [-0.4, -0.2) is 44.2 Å². The predicted octanol–water partition coefficient (Wildman–Crippen LogP) is 3.74. The molecule has 162 valence electrons. The summed E-state index contributed by atoms with van der Waals surface area (Å²) >= 11 is 6.08. The molecule has 1 amide bonds. The van der Waals surface area contributed by atoms with Crippen LogP contribution in [0.2, 0.25) is 5.02 Å². The molecule has 0 atom stereocenters. The predicted molar refractivity (Wildman–Crippen MR) is 122 cm³/mol. The topological polar surface area (TPSA) is 77.4 Å². The molecule has 2 aromatic rings. The van der Waals surface area contributed by atoms with Crippen LogP contribution >= 0.6 is 11.6 Å². The minimum atomic E-state index is -0.0184. The van der Waals surface area contributed by atoms with E-state index in [4.69, 9.17) is 21.6 Å². The zero-order valence-corrected chi connectivity index (χ0v) is 18.2. The summed E-state index contributed by atoms with van der Waals surface area (Å²) in [5, 5.41) is 15.9. The fourth-order valence-electron chi connectivity index (χ4n) is 4.19. The minimum absolute atomic E-state index is 0.0184. The van der Waals surface area contributed by atoms with E-state index >= 15 is 0 Å². The fourth-order valence-corrected chi connectivity index (χ4v) is 4.41. The highest BCUT2D eigenvalue weighted by atomic mass is 35.5. The van der Waals surface area contributed by atoms with Crippen molar-refractivity contribution in [3.05, 3.63) is 58.6 Å². The van der Waals surface area contributed by atoms with Crippen LogP contribution in [0.5, 0.6) is 5.75 Å². The van der Waals surface area contributed by atoms with Crippen molar-refractivity contribution in [2.45, 2.75) is 37.8 Å². The van der Waals surface area contributed by atoms with Crippen molar-refractivity contribution in [1.29, 1.82) is 5.26 Å². The van der Waals surface area contributed by atoms with Crippen molar-refractivity contribution < 1.29 is 9.53 Å². The number of benzene rings is 2. The Kier molecular flexibility index (Phi) is 6.96. The van der Waals surface area contributed by atoms with Crippen LogP contribution < -0.4 is 20.3 Å². The molecule has 0 unspecified atom stereocenters. The van der Waals surface area contributed by atoms with Gasteiger partial charge in [0.2, 0.25) is 0 Å². The van der Waals surface area contributed by atoms with Gasteiger partial charge in [-0.2, -0.15) is 5.26 Å². The van der Waals surface area contributed by atoms with E-state index in [1.165, 1.54) is 5.69 Å². The van der Waals surface area contributed by atoms with Gasteiger partial charge >= 0.3 is 0 Å². The molecular formula is C24H27ClN4O2. The summed E-state index contributed by atoms with van der Waals surface area (Å²) in [6.07, 6.45) is 3.57. The van der Waals surface area contributed by atoms with Crippen molar-refractivity contribution in [3.63, 3.8) is 0 Å². The summed E-state index contributed by atoms with van der Waals surface area (Å²) < 4.78 is 6.03. The van der Waals surface area contributed by atoms with Gasteiger partial charge in [0.1, 0.15) is 11.8 Å². The molecule has 2 N–H and O–H groups in total. The second-order valence-electron chi connectivity index (χ2n) is 8.10. The Hall–Kier alpha value is -2.75. The molecule has 1 saturated carbocycles. The van der Waals surface area contributed by atoms with Gasteiger partial charge in [0.05, 0.1) is 16.7 Å². The highest BCUT2D eigenvalue weighted by molar-refractivity contribution is 6.31. The van der Waals surface area contributed by atoms with Gasteiger partial charge in [-0.05, 0) is 62.1 Å². The van der Waals surface area contributed by atoms with Crippen molar-refractivity contribution in [1.82, 2.24) is 10.6 Å². The molecule has 0 radical (unpaired) electrons. The summed E-state index contributed by atoms with van der Waals surface area (Å²) in [5.74, 6) is 0.663. The fraction of sp³-hybridized carbons (Fsp3) is 0.417. The normalized spacial score (nSPS) is 21.2. The van der Waals surface area contributed by atoms with Crippen molar-refractivity contribution in [2.75, 3.05) is 31.1 Å². The molecule has 2 fully saturated rings. The molecule has 6 nitrogen and oxygen atoms in total. The maximum absolute atomic E-state index is 12.7. The van der Waals surface area contributed by atoms with Gasteiger partial charge < -0.3 is 20.3 Å². The number of ether oxygens (including phenoxy) is 1. The molecule has 31 heavy (non-hydrogen) atoms. The van der Waals surface area contributed by atoms with E-state index in [9.17, 15) is 4.79 Å². The molecule has 1 aliphatic heterocycles. The summed E-state index contributed by atoms with van der Waals surface area (Å²) in [6, 6.07) is 15.3. The average molecular weight is 439 g/mol. The van der Waals surface area contributed by atoms with Gasteiger partial charge in [-0.3, -0.25) is 4.79 Å². The van der Waals surface area contributed by atoms with Crippen molar-refractivity contribution in [2.24, 2.45) is 0 Å². The number of carbonyl (C=O) groups is 1. The highest BCUT2D eigenvalue weighted by Crippen LogP contribution is 2.27. The van der Waals surface area contributed by atoms with Crippen molar-refractivity contribution >= 4 is 23.2 Å². The Morgan fingerprint density at radius 3 is 2.45 bits per heavy atom. The van der Waals surface area contributed by atoms with E-state index in [0.29, 0.717) is 21.9 Å². The third-order valence-electron chi connectivity index (χ3n) is 5.98. The van der Waals surface area contributed by atoms with Gasteiger partial charge in [-0.25, -0.2) is 0 Å². The van der Waals surface area contributed by atoms with E-state index in [0.717, 1.165) is 51.9 Å². The number of hydrogen-bond donors (Lipinski definition) is 2. The van der Waals surface area contributed by atoms with E-state index < -0.39 is 0 Å². The number of carbonyl (C=O) groups excluding carboxylic acids is 1. The first-order chi connectivity index (χ1) is 15.1. The molecule has 1 aliphatic carbocycles. The van der Waals surface area contributed by atoms with Gasteiger partial charge in [0, 0.05) is 49.5 Å². The van der Waals surface area contributed by atoms with E-state index in [1.54, 1.807) is 18.2 Å². The molecule has 0 spiro atoms. The van der Waals surface area contributed by atoms with Crippen LogP contribution in [0.4, 0.5) is 5.69 Å². The Morgan fingerprint density at radius 2 is 1.81 bits per heavy atom.